The van der Waals surface area contributed by atoms with Gasteiger partial charge in [-0.15, -0.1) is 0 Å². The average Bonchev–Trinajstić information content (AvgIpc) is 3.17. The van der Waals surface area contributed by atoms with Crippen LogP contribution in [0.2, 0.25) is 0 Å². The van der Waals surface area contributed by atoms with Crippen molar-refractivity contribution in [3.63, 3.8) is 0 Å². The second-order valence-corrected chi connectivity index (χ2v) is 8.62. The highest BCUT2D eigenvalue weighted by Gasteiger charge is 2.26. The third-order valence-electron chi connectivity index (χ3n) is 7.06. The van der Waals surface area contributed by atoms with Crippen LogP contribution in [0.3, 0.4) is 0 Å². The summed E-state index contributed by atoms with van der Waals surface area (Å²) in [6, 6.07) is 6.64. The van der Waals surface area contributed by atoms with Crippen molar-refractivity contribution in [3.8, 4) is 5.75 Å². The summed E-state index contributed by atoms with van der Waals surface area (Å²) in [5, 5.41) is 0. The third kappa shape index (κ3) is 4.14. The van der Waals surface area contributed by atoms with E-state index in [0.29, 0.717) is 5.92 Å². The van der Waals surface area contributed by atoms with E-state index in [1.807, 2.05) is 0 Å². The second-order valence-electron chi connectivity index (χ2n) is 8.62. The van der Waals surface area contributed by atoms with Crippen molar-refractivity contribution in [2.75, 3.05) is 26.2 Å². The third-order valence-corrected chi connectivity index (χ3v) is 7.06. The first kappa shape index (κ1) is 18.0. The van der Waals surface area contributed by atoms with Crippen LogP contribution >= 0.6 is 0 Å². The van der Waals surface area contributed by atoms with Crippen LogP contribution in [-0.2, 0) is 11.2 Å². The average molecular weight is 356 g/mol. The molecule has 2 heterocycles. The van der Waals surface area contributed by atoms with Gasteiger partial charge in [-0.1, -0.05) is 25.0 Å². The quantitative estimate of drug-likeness (QED) is 0.699. The van der Waals surface area contributed by atoms with E-state index in [4.69, 9.17) is 4.74 Å². The normalized spacial score (nSPS) is 27.1. The monoisotopic (exact) mass is 355 g/mol. The van der Waals surface area contributed by atoms with Gasteiger partial charge in [-0.05, 0) is 81.1 Å². The van der Waals surface area contributed by atoms with E-state index in [0.717, 1.165) is 43.3 Å². The molecule has 2 aliphatic heterocycles. The Bertz CT molecular complexity index is 598. The van der Waals surface area contributed by atoms with E-state index in [1.54, 1.807) is 5.56 Å². The minimum absolute atomic E-state index is 0.677. The summed E-state index contributed by atoms with van der Waals surface area (Å²) in [5.41, 5.74) is 3.05. The summed E-state index contributed by atoms with van der Waals surface area (Å²) >= 11 is 0. The van der Waals surface area contributed by atoms with Crippen molar-refractivity contribution >= 4 is 6.29 Å². The zero-order chi connectivity index (χ0) is 17.8. The van der Waals surface area contributed by atoms with Gasteiger partial charge in [-0.2, -0.15) is 0 Å². The maximum absolute atomic E-state index is 10.7. The van der Waals surface area contributed by atoms with E-state index in [2.05, 4.69) is 23.1 Å². The molecule has 0 atom stereocenters. The fourth-order valence-corrected chi connectivity index (χ4v) is 5.36. The van der Waals surface area contributed by atoms with Crippen LogP contribution in [0.15, 0.2) is 18.2 Å². The summed E-state index contributed by atoms with van der Waals surface area (Å²) in [7, 11) is 0. The lowest BCUT2D eigenvalue weighted by atomic mass is 9.79. The van der Waals surface area contributed by atoms with Crippen LogP contribution in [0.25, 0.3) is 0 Å². The smallest absolute Gasteiger partial charge is 0.122 e. The van der Waals surface area contributed by atoms with E-state index in [1.165, 1.54) is 70.1 Å². The van der Waals surface area contributed by atoms with E-state index >= 15 is 0 Å². The molecule has 4 rings (SSSR count). The highest BCUT2D eigenvalue weighted by Crippen LogP contribution is 2.37. The maximum atomic E-state index is 10.7. The number of piperidine rings is 1. The topological polar surface area (TPSA) is 29.5 Å². The molecule has 0 N–H and O–H groups in total. The number of carbonyl (C=O) groups is 1. The number of carbonyl (C=O) groups excluding carboxylic acids is 1. The van der Waals surface area contributed by atoms with Gasteiger partial charge in [0.15, 0.2) is 0 Å². The Hall–Kier alpha value is -1.35. The van der Waals surface area contributed by atoms with E-state index in [-0.39, 0.29) is 0 Å². The summed E-state index contributed by atoms with van der Waals surface area (Å²) < 4.78 is 5.75. The molecule has 0 aromatic heterocycles. The van der Waals surface area contributed by atoms with Gasteiger partial charge in [-0.3, -0.25) is 0 Å². The van der Waals surface area contributed by atoms with Crippen LogP contribution in [0, 0.1) is 11.8 Å². The van der Waals surface area contributed by atoms with Crippen LogP contribution in [-0.4, -0.2) is 37.4 Å². The lowest BCUT2D eigenvalue weighted by Gasteiger charge is -2.34. The molecule has 1 saturated heterocycles. The second kappa shape index (κ2) is 8.56. The van der Waals surface area contributed by atoms with Gasteiger partial charge in [0, 0.05) is 18.4 Å². The first-order valence-corrected chi connectivity index (χ1v) is 10.7. The van der Waals surface area contributed by atoms with Crippen molar-refractivity contribution < 1.29 is 9.53 Å². The molecule has 142 valence electrons. The minimum atomic E-state index is 0.677. The number of hydrogen-bond acceptors (Lipinski definition) is 3. The maximum Gasteiger partial charge on any atom is 0.122 e. The highest BCUT2D eigenvalue weighted by atomic mass is 16.5. The number of ether oxygens (including phenoxy) is 1. The number of benzene rings is 1. The molecule has 1 saturated carbocycles. The van der Waals surface area contributed by atoms with Gasteiger partial charge in [0.05, 0.1) is 6.61 Å². The fraction of sp³-hybridized carbons (Fsp3) is 0.696. The Morgan fingerprint density at radius 1 is 1.04 bits per heavy atom. The number of aldehydes is 1. The molecule has 2 fully saturated rings. The van der Waals surface area contributed by atoms with Crippen molar-refractivity contribution in [3.05, 3.63) is 29.3 Å². The lowest BCUT2D eigenvalue weighted by molar-refractivity contribution is -0.108. The molecule has 0 bridgehead atoms. The first-order valence-electron chi connectivity index (χ1n) is 10.7. The van der Waals surface area contributed by atoms with Gasteiger partial charge in [0.1, 0.15) is 12.0 Å². The van der Waals surface area contributed by atoms with Gasteiger partial charge in [0.2, 0.25) is 0 Å². The summed E-state index contributed by atoms with van der Waals surface area (Å²) in [6.45, 7) is 4.62. The summed E-state index contributed by atoms with van der Waals surface area (Å²) in [4.78, 5) is 13.4. The Morgan fingerprint density at radius 3 is 2.58 bits per heavy atom. The molecule has 3 nitrogen and oxygen atoms in total. The molecule has 0 amide bonds. The molecule has 26 heavy (non-hydrogen) atoms. The molecule has 3 aliphatic rings. The predicted octanol–water partition coefficient (Wildman–Crippen LogP) is 4.59. The molecule has 0 radical (unpaired) electrons. The van der Waals surface area contributed by atoms with Crippen LogP contribution in [0.1, 0.15) is 68.4 Å². The number of hydrogen-bond donors (Lipinski definition) is 0. The highest BCUT2D eigenvalue weighted by molar-refractivity contribution is 5.49. The Morgan fingerprint density at radius 2 is 1.81 bits per heavy atom. The van der Waals surface area contributed by atoms with Crippen molar-refractivity contribution in [1.29, 1.82) is 0 Å². The number of nitrogens with zero attached hydrogens (tertiary/aromatic N) is 1. The van der Waals surface area contributed by atoms with Gasteiger partial charge in [-0.25, -0.2) is 0 Å². The van der Waals surface area contributed by atoms with Gasteiger partial charge >= 0.3 is 0 Å². The number of likely N-dealkylation sites (tertiary alicyclic amines) is 1. The molecule has 0 unspecified atom stereocenters. The molecule has 3 heteroatoms. The van der Waals surface area contributed by atoms with Crippen LogP contribution in [0.5, 0.6) is 5.75 Å². The molecular formula is C23H33NO2. The molecular weight excluding hydrogens is 322 g/mol. The molecule has 1 aromatic carbocycles. The Labute approximate surface area is 158 Å². The van der Waals surface area contributed by atoms with Crippen molar-refractivity contribution in [2.24, 2.45) is 11.8 Å². The molecule has 0 spiro atoms. The van der Waals surface area contributed by atoms with Crippen molar-refractivity contribution in [1.82, 2.24) is 4.90 Å². The minimum Gasteiger partial charge on any atom is -0.493 e. The molecule has 1 aromatic rings. The predicted molar refractivity (Wildman–Crippen MR) is 105 cm³/mol. The number of fused-ring (bicyclic) bond motifs is 1. The van der Waals surface area contributed by atoms with Gasteiger partial charge < -0.3 is 14.4 Å². The van der Waals surface area contributed by atoms with Crippen molar-refractivity contribution in [2.45, 2.75) is 63.7 Å². The van der Waals surface area contributed by atoms with E-state index in [9.17, 15) is 4.79 Å². The Balaban J connectivity index is 1.21. The fourth-order valence-electron chi connectivity index (χ4n) is 5.36. The summed E-state index contributed by atoms with van der Waals surface area (Å²) in [5.74, 6) is 3.43. The lowest BCUT2D eigenvalue weighted by Crippen LogP contribution is -2.35. The summed E-state index contributed by atoms with van der Waals surface area (Å²) in [6.07, 6.45) is 12.2. The first-order chi connectivity index (χ1) is 12.8. The van der Waals surface area contributed by atoms with E-state index < -0.39 is 0 Å². The SMILES string of the molecule is O=CCC1CCC(CCN2CCC(c3cccc4c3CCO4)CC2)CC1. The van der Waals surface area contributed by atoms with Crippen LogP contribution < -0.4 is 4.74 Å². The zero-order valence-corrected chi connectivity index (χ0v) is 16.0. The standard InChI is InChI=1S/C23H33NO2/c25-16-11-19-6-4-18(5-7-19)8-13-24-14-9-20(10-15-24)21-2-1-3-23-22(21)12-17-26-23/h1-3,16,18-20H,4-15,17H2. The zero-order valence-electron chi connectivity index (χ0n) is 16.0. The Kier molecular flexibility index (Phi) is 5.94. The number of rotatable bonds is 6. The van der Waals surface area contributed by atoms with Crippen LogP contribution in [0.4, 0.5) is 0 Å². The largest absolute Gasteiger partial charge is 0.493 e. The van der Waals surface area contributed by atoms with Gasteiger partial charge in [0.25, 0.3) is 0 Å². The molecule has 1 aliphatic carbocycles.